The van der Waals surface area contributed by atoms with Crippen molar-refractivity contribution in [2.24, 2.45) is 0 Å². The molecule has 5 rings (SSSR count). The van der Waals surface area contributed by atoms with Gasteiger partial charge in [0.1, 0.15) is 5.75 Å². The molecule has 1 fully saturated rings. The molecule has 1 spiro atoms. The molecule has 0 amide bonds. The molecule has 29 heavy (non-hydrogen) atoms. The first kappa shape index (κ1) is 18.3. The Bertz CT molecular complexity index is 983. The zero-order valence-corrected chi connectivity index (χ0v) is 16.7. The molecule has 2 heterocycles. The molecule has 0 bridgehead atoms. The fourth-order valence-electron chi connectivity index (χ4n) is 5.03. The summed E-state index contributed by atoms with van der Waals surface area (Å²) < 4.78 is 0. The zero-order chi connectivity index (χ0) is 19.7. The summed E-state index contributed by atoms with van der Waals surface area (Å²) in [4.78, 5) is 12.4. The topological polar surface area (TPSA) is 49.2 Å². The van der Waals surface area contributed by atoms with Gasteiger partial charge in [0.25, 0.3) is 0 Å². The number of aromatic nitrogens is 2. The van der Waals surface area contributed by atoms with Crippen LogP contribution in [0.15, 0.2) is 60.8 Å². The lowest BCUT2D eigenvalue weighted by Gasteiger charge is -2.40. The first-order chi connectivity index (χ1) is 14.2. The number of benzene rings is 2. The maximum atomic E-state index is 9.49. The van der Waals surface area contributed by atoms with Crippen molar-refractivity contribution in [2.75, 3.05) is 19.6 Å². The van der Waals surface area contributed by atoms with Crippen LogP contribution in [-0.4, -0.2) is 39.6 Å². The molecule has 0 saturated carbocycles. The van der Waals surface area contributed by atoms with Crippen molar-refractivity contribution in [3.63, 3.8) is 0 Å². The van der Waals surface area contributed by atoms with E-state index in [0.717, 1.165) is 43.9 Å². The lowest BCUT2D eigenvalue weighted by Crippen LogP contribution is -2.46. The molecule has 1 saturated heterocycles. The molecule has 4 heteroatoms. The van der Waals surface area contributed by atoms with Crippen LogP contribution in [0.1, 0.15) is 36.1 Å². The zero-order valence-electron chi connectivity index (χ0n) is 16.7. The van der Waals surface area contributed by atoms with Gasteiger partial charge in [-0.2, -0.15) is 0 Å². The fourth-order valence-corrected chi connectivity index (χ4v) is 5.03. The number of aromatic hydroxyl groups is 1. The third-order valence-corrected chi connectivity index (χ3v) is 6.58. The van der Waals surface area contributed by atoms with Gasteiger partial charge in [0.2, 0.25) is 0 Å². The minimum Gasteiger partial charge on any atom is -0.508 e. The highest BCUT2D eigenvalue weighted by Gasteiger charge is 2.43. The SMILES string of the molecule is Oc1ccc(CCN2CCCC3(CCc4cnc(-c5ccccc5)nc43)C2)cc1. The van der Waals surface area contributed by atoms with Crippen molar-refractivity contribution in [3.8, 4) is 17.1 Å². The van der Waals surface area contributed by atoms with Crippen molar-refractivity contribution >= 4 is 0 Å². The molecular formula is C25H27N3O. The Morgan fingerprint density at radius 3 is 2.66 bits per heavy atom. The number of phenols is 1. The molecule has 1 atom stereocenters. The van der Waals surface area contributed by atoms with E-state index in [4.69, 9.17) is 4.98 Å². The second-order valence-electron chi connectivity index (χ2n) is 8.51. The molecule has 1 unspecified atom stereocenters. The van der Waals surface area contributed by atoms with Gasteiger partial charge in [0, 0.05) is 30.3 Å². The molecular weight excluding hydrogens is 358 g/mol. The van der Waals surface area contributed by atoms with Crippen LogP contribution in [0.3, 0.4) is 0 Å². The summed E-state index contributed by atoms with van der Waals surface area (Å²) in [6.45, 7) is 3.30. The highest BCUT2D eigenvalue weighted by molar-refractivity contribution is 5.55. The van der Waals surface area contributed by atoms with E-state index in [1.54, 1.807) is 12.1 Å². The maximum Gasteiger partial charge on any atom is 0.159 e. The predicted molar refractivity (Wildman–Crippen MR) is 115 cm³/mol. The highest BCUT2D eigenvalue weighted by atomic mass is 16.3. The van der Waals surface area contributed by atoms with Gasteiger partial charge in [-0.1, -0.05) is 42.5 Å². The molecule has 148 valence electrons. The standard InChI is InChI=1S/C25H27N3O/c29-22-9-7-19(8-10-22)12-16-28-15-4-13-25(18-28)14-11-21-17-26-24(27-23(21)25)20-5-2-1-3-6-20/h1-3,5-10,17,29H,4,11-16,18H2. The minimum atomic E-state index is 0.176. The van der Waals surface area contributed by atoms with E-state index in [2.05, 4.69) is 28.2 Å². The van der Waals surface area contributed by atoms with Crippen LogP contribution >= 0.6 is 0 Å². The molecule has 4 nitrogen and oxygen atoms in total. The third kappa shape index (κ3) is 3.65. The molecule has 0 radical (unpaired) electrons. The first-order valence-electron chi connectivity index (χ1n) is 10.6. The van der Waals surface area contributed by atoms with E-state index >= 15 is 0 Å². The molecule has 3 aromatic rings. The predicted octanol–water partition coefficient (Wildman–Crippen LogP) is 4.37. The number of fused-ring (bicyclic) bond motifs is 2. The second kappa shape index (κ2) is 7.60. The van der Waals surface area contributed by atoms with Crippen LogP contribution in [0.25, 0.3) is 11.4 Å². The lowest BCUT2D eigenvalue weighted by molar-refractivity contribution is 0.144. The maximum absolute atomic E-state index is 9.49. The van der Waals surface area contributed by atoms with Gasteiger partial charge in [-0.15, -0.1) is 0 Å². The van der Waals surface area contributed by atoms with Crippen molar-refractivity contribution in [1.29, 1.82) is 0 Å². The molecule has 1 N–H and O–H groups in total. The van der Waals surface area contributed by atoms with Crippen LogP contribution in [0, 0.1) is 0 Å². The van der Waals surface area contributed by atoms with Gasteiger partial charge < -0.3 is 10.0 Å². The van der Waals surface area contributed by atoms with Gasteiger partial charge in [-0.05, 0) is 61.9 Å². The summed E-state index contributed by atoms with van der Waals surface area (Å²) in [7, 11) is 0. The Hall–Kier alpha value is -2.72. The Morgan fingerprint density at radius 2 is 1.83 bits per heavy atom. The number of hydrogen-bond donors (Lipinski definition) is 1. The van der Waals surface area contributed by atoms with Gasteiger partial charge in [0.05, 0.1) is 5.69 Å². The Morgan fingerprint density at radius 1 is 1.00 bits per heavy atom. The van der Waals surface area contributed by atoms with Gasteiger partial charge in [-0.25, -0.2) is 9.97 Å². The van der Waals surface area contributed by atoms with Crippen molar-refractivity contribution in [3.05, 3.63) is 77.6 Å². The van der Waals surface area contributed by atoms with Crippen molar-refractivity contribution in [1.82, 2.24) is 14.9 Å². The summed E-state index contributed by atoms with van der Waals surface area (Å²) in [5, 5.41) is 9.49. The number of likely N-dealkylation sites (tertiary alicyclic amines) is 1. The fraction of sp³-hybridized carbons (Fsp3) is 0.360. The average molecular weight is 386 g/mol. The minimum absolute atomic E-state index is 0.176. The number of rotatable bonds is 4. The smallest absolute Gasteiger partial charge is 0.159 e. The molecule has 2 aliphatic rings. The van der Waals surface area contributed by atoms with Crippen molar-refractivity contribution in [2.45, 2.75) is 37.5 Å². The monoisotopic (exact) mass is 385 g/mol. The number of piperidine rings is 1. The van der Waals surface area contributed by atoms with Crippen molar-refractivity contribution < 1.29 is 5.11 Å². The Labute approximate surface area is 172 Å². The van der Waals surface area contributed by atoms with E-state index in [1.165, 1.54) is 36.1 Å². The number of hydrogen-bond acceptors (Lipinski definition) is 4. The van der Waals surface area contributed by atoms with Gasteiger partial charge in [0.15, 0.2) is 5.82 Å². The first-order valence-corrected chi connectivity index (χ1v) is 10.6. The van der Waals surface area contributed by atoms with Crippen LogP contribution < -0.4 is 0 Å². The molecule has 1 aliphatic carbocycles. The number of aryl methyl sites for hydroxylation is 1. The van der Waals surface area contributed by atoms with E-state index in [0.29, 0.717) is 5.75 Å². The Kier molecular flexibility index (Phi) is 4.80. The summed E-state index contributed by atoms with van der Waals surface area (Å²) in [5.74, 6) is 1.19. The van der Waals surface area contributed by atoms with Crippen LogP contribution in [0.4, 0.5) is 0 Å². The average Bonchev–Trinajstić information content (AvgIpc) is 3.11. The lowest BCUT2D eigenvalue weighted by atomic mass is 9.77. The quantitative estimate of drug-likeness (QED) is 0.724. The van der Waals surface area contributed by atoms with E-state index < -0.39 is 0 Å². The Balaban J connectivity index is 1.35. The van der Waals surface area contributed by atoms with Gasteiger partial charge >= 0.3 is 0 Å². The normalized spacial score (nSPS) is 21.4. The summed E-state index contributed by atoms with van der Waals surface area (Å²) in [5.41, 5.74) is 5.18. The number of nitrogens with zero attached hydrogens (tertiary/aromatic N) is 3. The second-order valence-corrected chi connectivity index (χ2v) is 8.51. The molecule has 1 aliphatic heterocycles. The van der Waals surface area contributed by atoms with E-state index in [9.17, 15) is 5.11 Å². The third-order valence-electron chi connectivity index (χ3n) is 6.58. The van der Waals surface area contributed by atoms with E-state index in [1.807, 2.05) is 30.3 Å². The molecule has 2 aromatic carbocycles. The van der Waals surface area contributed by atoms with E-state index in [-0.39, 0.29) is 5.41 Å². The number of phenolic OH excluding ortho intramolecular Hbond substituents is 1. The van der Waals surface area contributed by atoms with Gasteiger partial charge in [-0.3, -0.25) is 0 Å². The summed E-state index contributed by atoms with van der Waals surface area (Å²) in [6, 6.07) is 17.9. The van der Waals surface area contributed by atoms with Crippen LogP contribution in [0.2, 0.25) is 0 Å². The summed E-state index contributed by atoms with van der Waals surface area (Å²) in [6.07, 6.45) is 7.80. The molecule has 1 aromatic heterocycles. The van der Waals surface area contributed by atoms with Crippen LogP contribution in [-0.2, 0) is 18.3 Å². The largest absolute Gasteiger partial charge is 0.508 e. The highest BCUT2D eigenvalue weighted by Crippen LogP contribution is 2.44. The summed E-state index contributed by atoms with van der Waals surface area (Å²) >= 11 is 0. The van der Waals surface area contributed by atoms with Crippen LogP contribution in [0.5, 0.6) is 5.75 Å².